The molecule has 96 valence electrons. The lowest BCUT2D eigenvalue weighted by Crippen LogP contribution is -2.46. The Morgan fingerprint density at radius 2 is 2.33 bits per heavy atom. The zero-order valence-electron chi connectivity index (χ0n) is 10.8. The number of aryl methyl sites for hydroxylation is 1. The van der Waals surface area contributed by atoms with Crippen LogP contribution < -0.4 is 10.6 Å². The number of imidazole rings is 1. The van der Waals surface area contributed by atoms with E-state index >= 15 is 0 Å². The van der Waals surface area contributed by atoms with Gasteiger partial charge in [-0.3, -0.25) is 0 Å². The van der Waals surface area contributed by atoms with Crippen molar-refractivity contribution in [2.75, 3.05) is 11.9 Å². The van der Waals surface area contributed by atoms with Crippen molar-refractivity contribution in [2.45, 2.75) is 31.8 Å². The van der Waals surface area contributed by atoms with Crippen LogP contribution in [0.1, 0.15) is 19.8 Å². The lowest BCUT2D eigenvalue weighted by Gasteiger charge is -2.31. The van der Waals surface area contributed by atoms with Crippen molar-refractivity contribution in [3.63, 3.8) is 0 Å². The van der Waals surface area contributed by atoms with Crippen LogP contribution in [-0.2, 0) is 7.05 Å². The third-order valence-corrected chi connectivity index (χ3v) is 3.73. The molecule has 0 saturated carbocycles. The second kappa shape index (κ2) is 4.57. The van der Waals surface area contributed by atoms with Gasteiger partial charge in [0.2, 0.25) is 0 Å². The van der Waals surface area contributed by atoms with Crippen LogP contribution in [0.4, 0.5) is 5.82 Å². The molecule has 2 aromatic heterocycles. The van der Waals surface area contributed by atoms with E-state index < -0.39 is 0 Å². The number of nitrogens with zero attached hydrogens (tertiary/aromatic N) is 3. The maximum atomic E-state index is 4.43. The van der Waals surface area contributed by atoms with E-state index in [1.807, 2.05) is 30.2 Å². The number of fused-ring (bicyclic) bond motifs is 1. The smallest absolute Gasteiger partial charge is 0.154 e. The summed E-state index contributed by atoms with van der Waals surface area (Å²) in [5.41, 5.74) is 2.07. The molecule has 0 aliphatic carbocycles. The standard InChI is InChI=1S/C13H19N5/c1-9-10(4-3-6-14-9)17-13-12-11(5-7-15-13)18(2)8-16-12/h5,7-10,14H,3-4,6H2,1-2H3,(H,15,17). The van der Waals surface area contributed by atoms with Gasteiger partial charge < -0.3 is 15.2 Å². The molecule has 2 aromatic rings. The van der Waals surface area contributed by atoms with E-state index in [9.17, 15) is 0 Å². The van der Waals surface area contributed by atoms with E-state index in [4.69, 9.17) is 0 Å². The first kappa shape index (κ1) is 11.5. The average molecular weight is 245 g/mol. The zero-order valence-corrected chi connectivity index (χ0v) is 10.8. The van der Waals surface area contributed by atoms with Crippen LogP contribution in [0.5, 0.6) is 0 Å². The molecule has 0 amide bonds. The Morgan fingerprint density at radius 3 is 3.17 bits per heavy atom. The van der Waals surface area contributed by atoms with Gasteiger partial charge in [-0.2, -0.15) is 0 Å². The highest BCUT2D eigenvalue weighted by Gasteiger charge is 2.21. The predicted molar refractivity (Wildman–Crippen MR) is 72.6 cm³/mol. The summed E-state index contributed by atoms with van der Waals surface area (Å²) in [6.45, 7) is 3.33. The molecular weight excluding hydrogens is 226 g/mol. The molecule has 3 heterocycles. The van der Waals surface area contributed by atoms with Gasteiger partial charge in [0.05, 0.1) is 11.8 Å². The first-order valence-corrected chi connectivity index (χ1v) is 6.51. The summed E-state index contributed by atoms with van der Waals surface area (Å²) < 4.78 is 2.02. The van der Waals surface area contributed by atoms with Crippen LogP contribution in [0.15, 0.2) is 18.6 Å². The average Bonchev–Trinajstić information content (AvgIpc) is 2.76. The molecule has 2 N–H and O–H groups in total. The van der Waals surface area contributed by atoms with Gasteiger partial charge in [-0.1, -0.05) is 0 Å². The first-order chi connectivity index (χ1) is 8.75. The molecule has 3 rings (SSSR count). The molecule has 2 unspecified atom stereocenters. The fourth-order valence-electron chi connectivity index (χ4n) is 2.58. The lowest BCUT2D eigenvalue weighted by molar-refractivity contribution is 0.389. The summed E-state index contributed by atoms with van der Waals surface area (Å²) in [6.07, 6.45) is 6.06. The Bertz CT molecular complexity index is 547. The molecule has 18 heavy (non-hydrogen) atoms. The van der Waals surface area contributed by atoms with Crippen molar-refractivity contribution in [3.05, 3.63) is 18.6 Å². The van der Waals surface area contributed by atoms with Crippen LogP contribution in [0.3, 0.4) is 0 Å². The number of piperidine rings is 1. The Labute approximate surface area is 107 Å². The van der Waals surface area contributed by atoms with Crippen LogP contribution in [0.25, 0.3) is 11.0 Å². The SMILES string of the molecule is CC1NCCCC1Nc1nccc2c1ncn2C. The fourth-order valence-corrected chi connectivity index (χ4v) is 2.58. The van der Waals surface area contributed by atoms with Crippen molar-refractivity contribution in [1.82, 2.24) is 19.9 Å². The number of nitrogens with one attached hydrogen (secondary N) is 2. The molecular formula is C13H19N5. The largest absolute Gasteiger partial charge is 0.364 e. The minimum Gasteiger partial charge on any atom is -0.364 e. The molecule has 5 heteroatoms. The number of pyridine rings is 1. The van der Waals surface area contributed by atoms with Gasteiger partial charge in [0.15, 0.2) is 5.82 Å². The van der Waals surface area contributed by atoms with E-state index in [0.29, 0.717) is 12.1 Å². The third-order valence-electron chi connectivity index (χ3n) is 3.73. The zero-order chi connectivity index (χ0) is 12.5. The molecule has 5 nitrogen and oxygen atoms in total. The minimum atomic E-state index is 0.429. The lowest BCUT2D eigenvalue weighted by atomic mass is 10.00. The highest BCUT2D eigenvalue weighted by molar-refractivity contribution is 5.85. The molecule has 1 saturated heterocycles. The Kier molecular flexibility index (Phi) is 2.91. The maximum absolute atomic E-state index is 4.43. The van der Waals surface area contributed by atoms with Crippen LogP contribution >= 0.6 is 0 Å². The third kappa shape index (κ3) is 1.95. The van der Waals surface area contributed by atoms with E-state index in [1.165, 1.54) is 12.8 Å². The summed E-state index contributed by atoms with van der Waals surface area (Å²) >= 11 is 0. The molecule has 1 aliphatic heterocycles. The number of hydrogen-bond donors (Lipinski definition) is 2. The van der Waals surface area contributed by atoms with Gasteiger partial charge in [-0.25, -0.2) is 9.97 Å². The van der Waals surface area contributed by atoms with Gasteiger partial charge in [0.25, 0.3) is 0 Å². The van der Waals surface area contributed by atoms with Crippen LogP contribution in [-0.4, -0.2) is 33.2 Å². The number of hydrogen-bond acceptors (Lipinski definition) is 4. The number of rotatable bonds is 2. The van der Waals surface area contributed by atoms with Gasteiger partial charge in [-0.15, -0.1) is 0 Å². The van der Waals surface area contributed by atoms with Crippen molar-refractivity contribution in [1.29, 1.82) is 0 Å². The van der Waals surface area contributed by atoms with Crippen molar-refractivity contribution < 1.29 is 0 Å². The summed E-state index contributed by atoms with van der Waals surface area (Å²) in [4.78, 5) is 8.86. The van der Waals surface area contributed by atoms with E-state index in [2.05, 4.69) is 27.5 Å². The monoisotopic (exact) mass is 245 g/mol. The highest BCUT2D eigenvalue weighted by atomic mass is 15.1. The maximum Gasteiger partial charge on any atom is 0.154 e. The predicted octanol–water partition coefficient (Wildman–Crippen LogP) is 1.52. The van der Waals surface area contributed by atoms with E-state index in [-0.39, 0.29) is 0 Å². The van der Waals surface area contributed by atoms with Gasteiger partial charge in [-0.05, 0) is 32.4 Å². The quantitative estimate of drug-likeness (QED) is 0.842. The van der Waals surface area contributed by atoms with Crippen molar-refractivity contribution >= 4 is 16.9 Å². The van der Waals surface area contributed by atoms with Crippen LogP contribution in [0.2, 0.25) is 0 Å². The molecule has 0 spiro atoms. The molecule has 1 aliphatic rings. The Morgan fingerprint density at radius 1 is 1.44 bits per heavy atom. The van der Waals surface area contributed by atoms with E-state index in [1.54, 1.807) is 0 Å². The first-order valence-electron chi connectivity index (χ1n) is 6.51. The second-order valence-corrected chi connectivity index (χ2v) is 5.02. The molecule has 0 bridgehead atoms. The van der Waals surface area contributed by atoms with Gasteiger partial charge in [0, 0.05) is 25.3 Å². The second-order valence-electron chi connectivity index (χ2n) is 5.02. The minimum absolute atomic E-state index is 0.429. The molecule has 0 radical (unpaired) electrons. The van der Waals surface area contributed by atoms with E-state index in [0.717, 1.165) is 23.4 Å². The normalized spacial score (nSPS) is 24.3. The van der Waals surface area contributed by atoms with Crippen LogP contribution in [0, 0.1) is 0 Å². The van der Waals surface area contributed by atoms with Crippen molar-refractivity contribution in [2.24, 2.45) is 7.05 Å². The number of anilines is 1. The number of aromatic nitrogens is 3. The summed E-state index contributed by atoms with van der Waals surface area (Å²) in [6, 6.07) is 2.90. The summed E-state index contributed by atoms with van der Waals surface area (Å²) in [5, 5.41) is 7.03. The fraction of sp³-hybridized carbons (Fsp3) is 0.538. The van der Waals surface area contributed by atoms with Gasteiger partial charge >= 0.3 is 0 Å². The topological polar surface area (TPSA) is 54.8 Å². The van der Waals surface area contributed by atoms with Gasteiger partial charge in [0.1, 0.15) is 5.52 Å². The highest BCUT2D eigenvalue weighted by Crippen LogP contribution is 2.21. The van der Waals surface area contributed by atoms with Crippen molar-refractivity contribution in [3.8, 4) is 0 Å². The molecule has 1 fully saturated rings. The summed E-state index contributed by atoms with van der Waals surface area (Å²) in [5.74, 6) is 0.897. The Hall–Kier alpha value is -1.62. The Balaban J connectivity index is 1.90. The molecule has 0 aromatic carbocycles. The molecule has 2 atom stereocenters. The summed E-state index contributed by atoms with van der Waals surface area (Å²) in [7, 11) is 2.00.